The molecule has 25 heavy (non-hydrogen) atoms. The van der Waals surface area contributed by atoms with Crippen molar-refractivity contribution >= 4 is 34.8 Å². The number of carbonyl (C=O) groups is 2. The summed E-state index contributed by atoms with van der Waals surface area (Å²) in [7, 11) is 0. The molecule has 0 aromatic heterocycles. The third-order valence-electron chi connectivity index (χ3n) is 3.39. The van der Waals surface area contributed by atoms with E-state index in [1.54, 1.807) is 24.3 Å². The summed E-state index contributed by atoms with van der Waals surface area (Å²) in [5.41, 5.74) is 0.00500. The lowest BCUT2D eigenvalue weighted by atomic mass is 10.1. The molecule has 0 saturated carbocycles. The van der Waals surface area contributed by atoms with Gasteiger partial charge in [0, 0.05) is 5.69 Å². The Labute approximate surface area is 147 Å². The van der Waals surface area contributed by atoms with Gasteiger partial charge in [0.2, 0.25) is 0 Å². The number of aryl methyl sites for hydroxylation is 1. The van der Waals surface area contributed by atoms with E-state index in [9.17, 15) is 22.8 Å². The maximum absolute atomic E-state index is 12.7. The molecule has 0 fully saturated rings. The molecule has 0 radical (unpaired) electrons. The number of alkyl halides is 3. The van der Waals surface area contributed by atoms with E-state index < -0.39 is 23.6 Å². The van der Waals surface area contributed by atoms with Crippen LogP contribution >= 0.6 is 11.6 Å². The lowest BCUT2D eigenvalue weighted by Gasteiger charge is -2.12. The fourth-order valence-electron chi connectivity index (χ4n) is 2.11. The number of carbonyl (C=O) groups excluding carboxylic acids is 2. The van der Waals surface area contributed by atoms with Crippen LogP contribution in [0.1, 0.15) is 18.1 Å². The van der Waals surface area contributed by atoms with Crippen molar-refractivity contribution in [2.24, 2.45) is 0 Å². The lowest BCUT2D eigenvalue weighted by molar-refractivity contribution is -0.137. The number of amides is 2. The zero-order valence-corrected chi connectivity index (χ0v) is 13.8. The summed E-state index contributed by atoms with van der Waals surface area (Å²) in [4.78, 5) is 24.0. The van der Waals surface area contributed by atoms with Crippen LogP contribution in [0.25, 0.3) is 0 Å². The zero-order valence-electron chi connectivity index (χ0n) is 13.1. The third-order valence-corrected chi connectivity index (χ3v) is 3.72. The number of hydrogen-bond acceptors (Lipinski definition) is 2. The van der Waals surface area contributed by atoms with Gasteiger partial charge >= 0.3 is 18.0 Å². The summed E-state index contributed by atoms with van der Waals surface area (Å²) in [5, 5.41) is 4.42. The highest BCUT2D eigenvalue weighted by atomic mass is 35.5. The molecule has 8 heteroatoms. The van der Waals surface area contributed by atoms with Gasteiger partial charge in [0.05, 0.1) is 16.3 Å². The van der Waals surface area contributed by atoms with Crippen molar-refractivity contribution < 1.29 is 22.8 Å². The molecule has 0 atom stereocenters. The van der Waals surface area contributed by atoms with Crippen molar-refractivity contribution in [3.63, 3.8) is 0 Å². The first-order valence-corrected chi connectivity index (χ1v) is 7.67. The van der Waals surface area contributed by atoms with Crippen LogP contribution in [0.15, 0.2) is 42.5 Å². The van der Waals surface area contributed by atoms with E-state index >= 15 is 0 Å². The van der Waals surface area contributed by atoms with Crippen LogP contribution in [-0.2, 0) is 22.2 Å². The molecule has 0 saturated heterocycles. The number of anilines is 2. The molecule has 0 spiro atoms. The number of rotatable bonds is 3. The number of nitrogens with one attached hydrogen (secondary N) is 2. The topological polar surface area (TPSA) is 58.2 Å². The third kappa shape index (κ3) is 4.73. The summed E-state index contributed by atoms with van der Waals surface area (Å²) in [5.74, 6) is -2.12. The van der Waals surface area contributed by atoms with Crippen molar-refractivity contribution in [2.75, 3.05) is 10.6 Å². The molecule has 2 aromatic rings. The van der Waals surface area contributed by atoms with Crippen LogP contribution in [0.4, 0.5) is 24.5 Å². The van der Waals surface area contributed by atoms with Gasteiger partial charge in [0.1, 0.15) is 0 Å². The van der Waals surface area contributed by atoms with Gasteiger partial charge in [-0.1, -0.05) is 36.7 Å². The van der Waals surface area contributed by atoms with E-state index in [1.165, 1.54) is 0 Å². The Morgan fingerprint density at radius 1 is 1.00 bits per heavy atom. The molecule has 0 unspecified atom stereocenters. The van der Waals surface area contributed by atoms with Gasteiger partial charge in [-0.25, -0.2) is 0 Å². The number of benzene rings is 2. The monoisotopic (exact) mass is 370 g/mol. The molecular weight excluding hydrogens is 357 g/mol. The van der Waals surface area contributed by atoms with Crippen LogP contribution in [0.2, 0.25) is 5.02 Å². The Bertz CT molecular complexity index is 807. The average molecular weight is 371 g/mol. The second kappa shape index (κ2) is 7.57. The Morgan fingerprint density at radius 2 is 1.60 bits per heavy atom. The fraction of sp³-hybridized carbons (Fsp3) is 0.176. The molecule has 0 aliphatic heterocycles. The molecule has 2 N–H and O–H groups in total. The minimum absolute atomic E-state index is 0.108. The maximum atomic E-state index is 12.7. The van der Waals surface area contributed by atoms with Gasteiger partial charge in [-0.2, -0.15) is 13.2 Å². The first-order valence-electron chi connectivity index (χ1n) is 7.29. The Morgan fingerprint density at radius 3 is 2.20 bits per heavy atom. The number of para-hydroxylation sites is 1. The van der Waals surface area contributed by atoms with Gasteiger partial charge in [-0.05, 0) is 36.2 Å². The Kier molecular flexibility index (Phi) is 5.69. The van der Waals surface area contributed by atoms with Crippen LogP contribution in [0, 0.1) is 0 Å². The van der Waals surface area contributed by atoms with Gasteiger partial charge < -0.3 is 10.6 Å². The SMILES string of the molecule is CCc1ccccc1NC(=O)C(=O)Nc1cc(C(F)(F)F)ccc1Cl. The summed E-state index contributed by atoms with van der Waals surface area (Å²) >= 11 is 5.79. The second-order valence-electron chi connectivity index (χ2n) is 5.11. The van der Waals surface area contributed by atoms with Gasteiger partial charge in [-0.15, -0.1) is 0 Å². The quantitative estimate of drug-likeness (QED) is 0.782. The molecule has 2 rings (SSSR count). The maximum Gasteiger partial charge on any atom is 0.416 e. The van der Waals surface area contributed by atoms with Crippen molar-refractivity contribution in [3.8, 4) is 0 Å². The molecule has 0 bridgehead atoms. The zero-order chi connectivity index (χ0) is 18.6. The van der Waals surface area contributed by atoms with Crippen molar-refractivity contribution in [1.29, 1.82) is 0 Å². The van der Waals surface area contributed by atoms with Crippen LogP contribution in [0.5, 0.6) is 0 Å². The van der Waals surface area contributed by atoms with Crippen molar-refractivity contribution in [3.05, 3.63) is 58.6 Å². The minimum Gasteiger partial charge on any atom is -0.318 e. The van der Waals surface area contributed by atoms with Crippen LogP contribution in [0.3, 0.4) is 0 Å². The molecular formula is C17H14ClF3N2O2. The van der Waals surface area contributed by atoms with Gasteiger partial charge in [-0.3, -0.25) is 9.59 Å². The van der Waals surface area contributed by atoms with E-state index in [0.29, 0.717) is 18.2 Å². The summed E-state index contributed by atoms with van der Waals surface area (Å²) in [6.07, 6.45) is -3.95. The van der Waals surface area contributed by atoms with Crippen LogP contribution in [-0.4, -0.2) is 11.8 Å². The van der Waals surface area contributed by atoms with Crippen LogP contribution < -0.4 is 10.6 Å². The first kappa shape index (κ1) is 18.8. The fourth-order valence-corrected chi connectivity index (χ4v) is 2.27. The van der Waals surface area contributed by atoms with E-state index in [-0.39, 0.29) is 10.7 Å². The van der Waals surface area contributed by atoms with E-state index in [1.807, 2.05) is 6.92 Å². The normalized spacial score (nSPS) is 11.1. The van der Waals surface area contributed by atoms with Gasteiger partial charge in [0.25, 0.3) is 0 Å². The molecule has 0 aliphatic carbocycles. The van der Waals surface area contributed by atoms with Crippen molar-refractivity contribution in [1.82, 2.24) is 0 Å². The highest BCUT2D eigenvalue weighted by Gasteiger charge is 2.31. The number of hydrogen-bond donors (Lipinski definition) is 2. The summed E-state index contributed by atoms with van der Waals surface area (Å²) in [6.45, 7) is 1.88. The standard InChI is InChI=1S/C17H14ClF3N2O2/c1-2-10-5-3-4-6-13(10)22-15(24)16(25)23-14-9-11(17(19,20)21)7-8-12(14)18/h3-9H,2H2,1H3,(H,22,24)(H,23,25). The highest BCUT2D eigenvalue weighted by Crippen LogP contribution is 2.33. The van der Waals surface area contributed by atoms with Gasteiger partial charge in [0.15, 0.2) is 0 Å². The first-order chi connectivity index (χ1) is 11.7. The lowest BCUT2D eigenvalue weighted by Crippen LogP contribution is -2.29. The minimum atomic E-state index is -4.59. The van der Waals surface area contributed by atoms with E-state index in [0.717, 1.165) is 17.7 Å². The summed E-state index contributed by atoms with van der Waals surface area (Å²) < 4.78 is 38.2. The number of halogens is 4. The highest BCUT2D eigenvalue weighted by molar-refractivity contribution is 6.44. The second-order valence-corrected chi connectivity index (χ2v) is 5.52. The predicted octanol–water partition coefficient (Wildman–Crippen LogP) is 4.50. The largest absolute Gasteiger partial charge is 0.416 e. The molecule has 0 heterocycles. The predicted molar refractivity (Wildman–Crippen MR) is 89.5 cm³/mol. The average Bonchev–Trinajstić information content (AvgIpc) is 2.56. The molecule has 2 amide bonds. The molecule has 132 valence electrons. The van der Waals surface area contributed by atoms with E-state index in [4.69, 9.17) is 11.6 Å². The molecule has 4 nitrogen and oxygen atoms in total. The van der Waals surface area contributed by atoms with Crippen molar-refractivity contribution in [2.45, 2.75) is 19.5 Å². The van der Waals surface area contributed by atoms with E-state index in [2.05, 4.69) is 10.6 Å². The Hall–Kier alpha value is -2.54. The smallest absolute Gasteiger partial charge is 0.318 e. The summed E-state index contributed by atoms with van der Waals surface area (Å²) in [6, 6.07) is 9.36. The molecule has 0 aliphatic rings. The Balaban J connectivity index is 2.15. The molecule has 2 aromatic carbocycles.